The van der Waals surface area contributed by atoms with Gasteiger partial charge in [-0.3, -0.25) is 9.69 Å². The first-order chi connectivity index (χ1) is 11.6. The Morgan fingerprint density at radius 1 is 1.17 bits per heavy atom. The number of carbonyl (C=O) groups excluding carboxylic acids is 1. The highest BCUT2D eigenvalue weighted by Gasteiger charge is 2.16. The largest absolute Gasteiger partial charge is 0.322 e. The molecule has 1 aliphatic heterocycles. The zero-order valence-electron chi connectivity index (χ0n) is 14.0. The lowest BCUT2D eigenvalue weighted by Crippen LogP contribution is -2.33. The molecule has 2 aromatic rings. The van der Waals surface area contributed by atoms with E-state index in [1.165, 1.54) is 31.5 Å². The molecule has 0 aromatic heterocycles. The molecular weight excluding hydrogens is 364 g/mol. The molecule has 3 rings (SSSR count). The fourth-order valence-corrected chi connectivity index (χ4v) is 3.45. The SMILES string of the molecule is C[C@H]1CCCN(Cc2ccc(C(=O)Nc3ccc(Br)cc3)cc2)C1. The number of nitrogens with one attached hydrogen (secondary N) is 1. The van der Waals surface area contributed by atoms with E-state index in [9.17, 15) is 4.79 Å². The molecule has 3 nitrogen and oxygen atoms in total. The van der Waals surface area contributed by atoms with Gasteiger partial charge in [-0.15, -0.1) is 0 Å². The van der Waals surface area contributed by atoms with Crippen molar-refractivity contribution in [1.29, 1.82) is 0 Å². The van der Waals surface area contributed by atoms with Gasteiger partial charge in [0.2, 0.25) is 0 Å². The first kappa shape index (κ1) is 17.2. The average Bonchev–Trinajstić information content (AvgIpc) is 2.57. The van der Waals surface area contributed by atoms with Gasteiger partial charge in [0, 0.05) is 28.8 Å². The van der Waals surface area contributed by atoms with E-state index in [0.29, 0.717) is 5.56 Å². The number of likely N-dealkylation sites (tertiary alicyclic amines) is 1. The third-order valence-electron chi connectivity index (χ3n) is 4.47. The minimum atomic E-state index is -0.0736. The summed E-state index contributed by atoms with van der Waals surface area (Å²) in [5.41, 5.74) is 2.76. The number of amides is 1. The van der Waals surface area contributed by atoms with Crippen molar-refractivity contribution >= 4 is 27.5 Å². The topological polar surface area (TPSA) is 32.3 Å². The van der Waals surface area contributed by atoms with E-state index in [-0.39, 0.29) is 5.91 Å². The van der Waals surface area contributed by atoms with Gasteiger partial charge in [0.25, 0.3) is 5.91 Å². The monoisotopic (exact) mass is 386 g/mol. The van der Waals surface area contributed by atoms with E-state index in [0.717, 1.165) is 22.6 Å². The molecule has 1 aliphatic rings. The molecule has 24 heavy (non-hydrogen) atoms. The summed E-state index contributed by atoms with van der Waals surface area (Å²) >= 11 is 3.39. The minimum absolute atomic E-state index is 0.0736. The Hall–Kier alpha value is -1.65. The molecule has 0 spiro atoms. The molecule has 4 heteroatoms. The van der Waals surface area contributed by atoms with Crippen molar-refractivity contribution in [2.24, 2.45) is 5.92 Å². The van der Waals surface area contributed by atoms with Gasteiger partial charge in [0.15, 0.2) is 0 Å². The van der Waals surface area contributed by atoms with Gasteiger partial charge < -0.3 is 5.32 Å². The van der Waals surface area contributed by atoms with Gasteiger partial charge in [-0.1, -0.05) is 35.0 Å². The van der Waals surface area contributed by atoms with Gasteiger partial charge in [-0.05, 0) is 67.3 Å². The Labute approximate surface area is 152 Å². The van der Waals surface area contributed by atoms with Crippen LogP contribution in [0.2, 0.25) is 0 Å². The van der Waals surface area contributed by atoms with E-state index in [1.54, 1.807) is 0 Å². The van der Waals surface area contributed by atoms with E-state index < -0.39 is 0 Å². The highest BCUT2D eigenvalue weighted by atomic mass is 79.9. The molecule has 1 atom stereocenters. The van der Waals surface area contributed by atoms with Crippen molar-refractivity contribution in [3.05, 3.63) is 64.1 Å². The highest BCUT2D eigenvalue weighted by Crippen LogP contribution is 2.19. The second-order valence-corrected chi connectivity index (χ2v) is 7.56. The number of nitrogens with zero attached hydrogens (tertiary/aromatic N) is 1. The fraction of sp³-hybridized carbons (Fsp3) is 0.350. The summed E-state index contributed by atoms with van der Waals surface area (Å²) in [6.07, 6.45) is 2.63. The van der Waals surface area contributed by atoms with Crippen molar-refractivity contribution in [2.75, 3.05) is 18.4 Å². The molecule has 126 valence electrons. The van der Waals surface area contributed by atoms with Crippen LogP contribution in [0.5, 0.6) is 0 Å². The van der Waals surface area contributed by atoms with E-state index in [2.05, 4.69) is 45.2 Å². The third-order valence-corrected chi connectivity index (χ3v) is 4.99. The second-order valence-electron chi connectivity index (χ2n) is 6.64. The van der Waals surface area contributed by atoms with Crippen molar-refractivity contribution in [1.82, 2.24) is 4.90 Å². The molecule has 0 saturated carbocycles. The van der Waals surface area contributed by atoms with Gasteiger partial charge in [0.1, 0.15) is 0 Å². The van der Waals surface area contributed by atoms with Gasteiger partial charge in [-0.25, -0.2) is 0 Å². The molecule has 2 aromatic carbocycles. The van der Waals surface area contributed by atoms with Crippen molar-refractivity contribution in [2.45, 2.75) is 26.3 Å². The second kappa shape index (κ2) is 7.95. The molecule has 1 N–H and O–H groups in total. The van der Waals surface area contributed by atoms with Crippen LogP contribution in [0.25, 0.3) is 0 Å². The lowest BCUT2D eigenvalue weighted by atomic mass is 9.99. The number of anilines is 1. The fourth-order valence-electron chi connectivity index (χ4n) is 3.19. The lowest BCUT2D eigenvalue weighted by molar-refractivity contribution is 0.102. The minimum Gasteiger partial charge on any atom is -0.322 e. The van der Waals surface area contributed by atoms with Crippen molar-refractivity contribution in [3.63, 3.8) is 0 Å². The smallest absolute Gasteiger partial charge is 0.255 e. The Bertz CT molecular complexity index is 682. The maximum atomic E-state index is 12.3. The van der Waals surface area contributed by atoms with Crippen LogP contribution in [0.15, 0.2) is 53.0 Å². The molecule has 0 unspecified atom stereocenters. The number of piperidine rings is 1. The normalized spacial score (nSPS) is 18.3. The molecule has 1 fully saturated rings. The standard InChI is InChI=1S/C20H23BrN2O/c1-15-3-2-12-23(13-15)14-16-4-6-17(7-5-16)20(24)22-19-10-8-18(21)9-11-19/h4-11,15H,2-3,12-14H2,1H3,(H,22,24)/t15-/m0/s1. The first-order valence-electron chi connectivity index (χ1n) is 8.48. The van der Waals surface area contributed by atoms with Crippen LogP contribution in [0.3, 0.4) is 0 Å². The van der Waals surface area contributed by atoms with Crippen LogP contribution < -0.4 is 5.32 Å². The maximum absolute atomic E-state index is 12.3. The predicted octanol–water partition coefficient (Wildman–Crippen LogP) is 4.93. The molecule has 0 aliphatic carbocycles. The lowest BCUT2D eigenvalue weighted by Gasteiger charge is -2.30. The summed E-state index contributed by atoms with van der Waals surface area (Å²) in [4.78, 5) is 14.8. The number of hydrogen-bond acceptors (Lipinski definition) is 2. The van der Waals surface area contributed by atoms with Crippen LogP contribution >= 0.6 is 15.9 Å². The van der Waals surface area contributed by atoms with E-state index in [4.69, 9.17) is 0 Å². The summed E-state index contributed by atoms with van der Waals surface area (Å²) in [5, 5.41) is 2.92. The number of halogens is 1. The summed E-state index contributed by atoms with van der Waals surface area (Å²) in [7, 11) is 0. The molecule has 1 heterocycles. The summed E-state index contributed by atoms with van der Waals surface area (Å²) in [6.45, 7) is 5.64. The predicted molar refractivity (Wildman–Crippen MR) is 102 cm³/mol. The molecule has 0 radical (unpaired) electrons. The van der Waals surface area contributed by atoms with E-state index in [1.807, 2.05) is 36.4 Å². The van der Waals surface area contributed by atoms with E-state index >= 15 is 0 Å². The van der Waals surface area contributed by atoms with Crippen molar-refractivity contribution in [3.8, 4) is 0 Å². The zero-order chi connectivity index (χ0) is 16.9. The molecular formula is C20H23BrN2O. The number of hydrogen-bond donors (Lipinski definition) is 1. The Morgan fingerprint density at radius 2 is 1.88 bits per heavy atom. The summed E-state index contributed by atoms with van der Waals surface area (Å²) in [6, 6.07) is 15.6. The maximum Gasteiger partial charge on any atom is 0.255 e. The number of benzene rings is 2. The van der Waals surface area contributed by atoms with Crippen LogP contribution in [0.4, 0.5) is 5.69 Å². The molecule has 0 bridgehead atoms. The zero-order valence-corrected chi connectivity index (χ0v) is 15.6. The Kier molecular flexibility index (Phi) is 5.69. The summed E-state index contributed by atoms with van der Waals surface area (Å²) < 4.78 is 0.997. The van der Waals surface area contributed by atoms with Gasteiger partial charge in [-0.2, -0.15) is 0 Å². The third kappa shape index (κ3) is 4.68. The number of rotatable bonds is 4. The molecule has 1 saturated heterocycles. The molecule has 1 amide bonds. The highest BCUT2D eigenvalue weighted by molar-refractivity contribution is 9.10. The van der Waals surface area contributed by atoms with Gasteiger partial charge >= 0.3 is 0 Å². The van der Waals surface area contributed by atoms with Crippen LogP contribution in [0.1, 0.15) is 35.7 Å². The number of carbonyl (C=O) groups is 1. The Morgan fingerprint density at radius 3 is 2.54 bits per heavy atom. The first-order valence-corrected chi connectivity index (χ1v) is 9.27. The Balaban J connectivity index is 1.59. The quantitative estimate of drug-likeness (QED) is 0.807. The van der Waals surface area contributed by atoms with Crippen LogP contribution in [0, 0.1) is 5.92 Å². The van der Waals surface area contributed by atoms with Crippen LogP contribution in [-0.2, 0) is 6.54 Å². The average molecular weight is 387 g/mol. The van der Waals surface area contributed by atoms with Gasteiger partial charge in [0.05, 0.1) is 0 Å². The summed E-state index contributed by atoms with van der Waals surface area (Å²) in [5.74, 6) is 0.713. The van der Waals surface area contributed by atoms with Crippen molar-refractivity contribution < 1.29 is 4.79 Å². The van der Waals surface area contributed by atoms with Crippen LogP contribution in [-0.4, -0.2) is 23.9 Å².